The molecule has 0 bridgehead atoms. The summed E-state index contributed by atoms with van der Waals surface area (Å²) in [4.78, 5) is 16.7. The number of nitrogens with one attached hydrogen (secondary N) is 1. The van der Waals surface area contributed by atoms with Gasteiger partial charge >= 0.3 is 6.18 Å². The molecule has 3 aromatic rings. The summed E-state index contributed by atoms with van der Waals surface area (Å²) in [5.41, 5.74) is -0.391. The summed E-state index contributed by atoms with van der Waals surface area (Å²) in [7, 11) is 4.03. The molecule has 0 spiro atoms. The third-order valence-electron chi connectivity index (χ3n) is 5.79. The number of alkyl halides is 3. The molecule has 204 valence electrons. The van der Waals surface area contributed by atoms with Gasteiger partial charge in [0.2, 0.25) is 5.91 Å². The molecule has 0 radical (unpaired) electrons. The van der Waals surface area contributed by atoms with Gasteiger partial charge in [0, 0.05) is 25.2 Å². The molecule has 3 rings (SSSR count). The van der Waals surface area contributed by atoms with Crippen LogP contribution >= 0.6 is 0 Å². The lowest BCUT2D eigenvalue weighted by molar-refractivity contribution is -0.141. The molecule has 2 aromatic carbocycles. The number of methoxy groups -OCH3 is 2. The number of hydrogen-bond acceptors (Lipinski definition) is 5. The minimum absolute atomic E-state index is 0.0274. The summed E-state index contributed by atoms with van der Waals surface area (Å²) >= 11 is -2.43. The van der Waals surface area contributed by atoms with E-state index in [0.29, 0.717) is 22.6 Å². The number of nitrogens with zero attached hydrogens (tertiary/aromatic N) is 2. The molecule has 0 saturated carbocycles. The Morgan fingerprint density at radius 1 is 1.11 bits per heavy atom. The number of hydrogen-bond donors (Lipinski definition) is 2. The van der Waals surface area contributed by atoms with Gasteiger partial charge in [-0.2, -0.15) is 13.2 Å². The van der Waals surface area contributed by atoms with Gasteiger partial charge in [0.15, 0.2) is 0 Å². The Balaban J connectivity index is 1.89. The summed E-state index contributed by atoms with van der Waals surface area (Å²) in [6, 6.07) is 10.4. The van der Waals surface area contributed by atoms with E-state index in [1.54, 1.807) is 6.07 Å². The van der Waals surface area contributed by atoms with Crippen molar-refractivity contribution in [3.8, 4) is 22.8 Å². The van der Waals surface area contributed by atoms with E-state index in [1.165, 1.54) is 58.5 Å². The van der Waals surface area contributed by atoms with Crippen LogP contribution in [0.15, 0.2) is 48.5 Å². The van der Waals surface area contributed by atoms with E-state index in [4.69, 9.17) is 14.0 Å². The number of benzene rings is 2. The molecule has 2 N–H and O–H groups in total. The van der Waals surface area contributed by atoms with Crippen molar-refractivity contribution in [1.82, 2.24) is 10.3 Å². The summed E-state index contributed by atoms with van der Waals surface area (Å²) < 4.78 is 86.4. The lowest BCUT2D eigenvalue weighted by Crippen LogP contribution is -2.28. The molecule has 1 heterocycles. The van der Waals surface area contributed by atoms with Crippen molar-refractivity contribution < 1.29 is 40.6 Å². The minimum atomic E-state index is -4.69. The van der Waals surface area contributed by atoms with Gasteiger partial charge in [0.1, 0.15) is 23.0 Å². The molecule has 0 aliphatic rings. The summed E-state index contributed by atoms with van der Waals surface area (Å²) in [5, 5.41) is 2.65. The fraction of sp³-hybridized carbons (Fsp3) is 0.280. The molecule has 38 heavy (non-hydrogen) atoms. The predicted molar refractivity (Wildman–Crippen MR) is 134 cm³/mol. The van der Waals surface area contributed by atoms with Gasteiger partial charge in [-0.25, -0.2) is 13.6 Å². The predicted octanol–water partition coefficient (Wildman–Crippen LogP) is 4.92. The highest BCUT2D eigenvalue weighted by molar-refractivity contribution is 7.80. The number of anilines is 1. The van der Waals surface area contributed by atoms with E-state index in [-0.39, 0.29) is 23.5 Å². The number of ether oxygens (including phenoxy) is 2. The number of carbonyl (C=O) groups is 1. The SMILES string of the molecule is COc1cc(OC)cc(-c2nc(C(F)(F)F)ccc2CNC(=O)C(C)c2ccc(N(C)S(=O)O)c(F)c2)c1. The first-order chi connectivity index (χ1) is 17.8. The van der Waals surface area contributed by atoms with Crippen LogP contribution in [0, 0.1) is 5.82 Å². The zero-order valence-electron chi connectivity index (χ0n) is 20.8. The van der Waals surface area contributed by atoms with Crippen molar-refractivity contribution in [2.75, 3.05) is 25.6 Å². The van der Waals surface area contributed by atoms with Gasteiger partial charge in [-0.3, -0.25) is 13.7 Å². The van der Waals surface area contributed by atoms with Crippen LogP contribution in [0.25, 0.3) is 11.3 Å². The van der Waals surface area contributed by atoms with Gasteiger partial charge < -0.3 is 14.8 Å². The average molecular weight is 556 g/mol. The topological polar surface area (TPSA) is 101 Å². The molecule has 0 aliphatic carbocycles. The van der Waals surface area contributed by atoms with Crippen molar-refractivity contribution in [2.24, 2.45) is 0 Å². The van der Waals surface area contributed by atoms with Gasteiger partial charge in [-0.1, -0.05) is 12.1 Å². The number of aromatic nitrogens is 1. The van der Waals surface area contributed by atoms with Crippen molar-refractivity contribution in [3.05, 3.63) is 71.2 Å². The van der Waals surface area contributed by atoms with E-state index < -0.39 is 40.8 Å². The highest BCUT2D eigenvalue weighted by atomic mass is 32.2. The summed E-state index contributed by atoms with van der Waals surface area (Å²) in [6.45, 7) is 1.35. The molecule has 2 unspecified atom stereocenters. The van der Waals surface area contributed by atoms with E-state index in [2.05, 4.69) is 10.3 Å². The van der Waals surface area contributed by atoms with Crippen LogP contribution in [-0.2, 0) is 28.8 Å². The molecule has 2 atom stereocenters. The van der Waals surface area contributed by atoms with Crippen LogP contribution in [-0.4, -0.2) is 40.9 Å². The van der Waals surface area contributed by atoms with Crippen LogP contribution in [0.1, 0.15) is 29.7 Å². The van der Waals surface area contributed by atoms with E-state index in [1.807, 2.05) is 0 Å². The first kappa shape index (κ1) is 28.9. The fourth-order valence-corrected chi connectivity index (χ4v) is 3.92. The van der Waals surface area contributed by atoms with Gasteiger partial charge in [-0.05, 0) is 48.4 Å². The quantitative estimate of drug-likeness (QED) is 0.287. The Bertz CT molecular complexity index is 1330. The summed E-state index contributed by atoms with van der Waals surface area (Å²) in [6.07, 6.45) is -4.69. The molecule has 0 fully saturated rings. The maximum absolute atomic E-state index is 14.5. The molecule has 0 aliphatic heterocycles. The average Bonchev–Trinajstić information content (AvgIpc) is 2.89. The highest BCUT2D eigenvalue weighted by Gasteiger charge is 2.33. The maximum Gasteiger partial charge on any atom is 0.433 e. The Labute approximate surface area is 219 Å². The normalized spacial score (nSPS) is 13.0. The van der Waals surface area contributed by atoms with Crippen LogP contribution in [0.5, 0.6) is 11.5 Å². The monoisotopic (exact) mass is 555 g/mol. The molecule has 8 nitrogen and oxygen atoms in total. The second-order valence-electron chi connectivity index (χ2n) is 8.18. The van der Waals surface area contributed by atoms with Crippen LogP contribution in [0.2, 0.25) is 0 Å². The molecular formula is C25H25F4N3O5S. The van der Waals surface area contributed by atoms with Crippen LogP contribution < -0.4 is 19.1 Å². The smallest absolute Gasteiger partial charge is 0.433 e. The number of halogens is 4. The van der Waals surface area contributed by atoms with Crippen molar-refractivity contribution in [3.63, 3.8) is 0 Å². The maximum atomic E-state index is 14.5. The van der Waals surface area contributed by atoms with Crippen molar-refractivity contribution in [1.29, 1.82) is 0 Å². The van der Waals surface area contributed by atoms with E-state index >= 15 is 0 Å². The fourth-order valence-electron chi connectivity index (χ4n) is 3.60. The number of pyridine rings is 1. The zero-order valence-corrected chi connectivity index (χ0v) is 21.6. The summed E-state index contributed by atoms with van der Waals surface area (Å²) in [5.74, 6) is -1.49. The largest absolute Gasteiger partial charge is 0.497 e. The second-order valence-corrected chi connectivity index (χ2v) is 9.19. The van der Waals surface area contributed by atoms with Gasteiger partial charge in [0.25, 0.3) is 11.3 Å². The van der Waals surface area contributed by atoms with E-state index in [9.17, 15) is 26.6 Å². The van der Waals surface area contributed by atoms with E-state index in [0.717, 1.165) is 16.4 Å². The molecular weight excluding hydrogens is 530 g/mol. The minimum Gasteiger partial charge on any atom is -0.497 e. The Hall–Kier alpha value is -3.71. The van der Waals surface area contributed by atoms with Gasteiger partial charge in [0.05, 0.1) is 31.5 Å². The van der Waals surface area contributed by atoms with Crippen molar-refractivity contribution in [2.45, 2.75) is 25.6 Å². The number of carbonyl (C=O) groups excluding carboxylic acids is 1. The first-order valence-corrected chi connectivity index (χ1v) is 12.1. The lowest BCUT2D eigenvalue weighted by atomic mass is 9.99. The molecule has 0 saturated heterocycles. The van der Waals surface area contributed by atoms with Crippen molar-refractivity contribution >= 4 is 22.9 Å². The standard InChI is InChI=1S/C25H25F4N3O5S/c1-14(15-5-7-21(20(26)11-15)32(2)38(34)35)24(33)30-13-16-6-8-22(25(27,28)29)31-23(16)17-9-18(36-3)12-19(10-17)37-4/h5-12,14H,13H2,1-4H3,(H,30,33)(H,34,35). The zero-order chi connectivity index (χ0) is 28.2. The van der Waals surface area contributed by atoms with Crippen LogP contribution in [0.3, 0.4) is 0 Å². The molecule has 1 amide bonds. The first-order valence-electron chi connectivity index (χ1n) is 11.1. The third-order valence-corrected chi connectivity index (χ3v) is 6.45. The Morgan fingerprint density at radius 3 is 2.26 bits per heavy atom. The molecule has 1 aromatic heterocycles. The lowest BCUT2D eigenvalue weighted by Gasteiger charge is -2.18. The number of rotatable bonds is 9. The Kier molecular flexibility index (Phi) is 8.94. The van der Waals surface area contributed by atoms with Gasteiger partial charge in [-0.15, -0.1) is 0 Å². The van der Waals surface area contributed by atoms with Crippen LogP contribution in [0.4, 0.5) is 23.2 Å². The number of amides is 1. The third kappa shape index (κ3) is 6.58. The molecule has 13 heteroatoms. The second kappa shape index (κ2) is 11.8. The highest BCUT2D eigenvalue weighted by Crippen LogP contribution is 2.34. The Morgan fingerprint density at radius 2 is 1.74 bits per heavy atom.